The van der Waals surface area contributed by atoms with Crippen molar-refractivity contribution in [2.45, 2.75) is 19.8 Å². The van der Waals surface area contributed by atoms with Gasteiger partial charge in [0.15, 0.2) is 31.1 Å². The fourth-order valence-electron chi connectivity index (χ4n) is 3.68. The number of anilines is 1. The number of nitrogens with zero attached hydrogens (tertiary/aromatic N) is 3. The van der Waals surface area contributed by atoms with Crippen LogP contribution in [0.4, 0.5) is 10.3 Å². The molecule has 0 radical (unpaired) electrons. The van der Waals surface area contributed by atoms with Crippen LogP contribution in [0.5, 0.6) is 0 Å². The second-order valence-corrected chi connectivity index (χ2v) is 10.2. The Kier molecular flexibility index (Phi) is 8.68. The molecule has 1 unspecified atom stereocenters. The molecule has 0 fully saturated rings. The summed E-state index contributed by atoms with van der Waals surface area (Å²) in [6.45, 7) is 0.420. The van der Waals surface area contributed by atoms with E-state index in [9.17, 15) is 14.0 Å². The van der Waals surface area contributed by atoms with Crippen LogP contribution in [0.1, 0.15) is 11.3 Å². The van der Waals surface area contributed by atoms with Gasteiger partial charge in [-0.15, -0.1) is 0 Å². The second kappa shape index (κ2) is 12.5. The molecule has 3 aromatic heterocycles. The van der Waals surface area contributed by atoms with Gasteiger partial charge in [0.25, 0.3) is 5.56 Å². The number of halogens is 2. The van der Waals surface area contributed by atoms with Crippen molar-refractivity contribution in [3.8, 4) is 11.3 Å². The minimum absolute atomic E-state index is 0.0216. The zero-order chi connectivity index (χ0) is 28.1. The lowest BCUT2D eigenvalue weighted by Gasteiger charge is -2.17. The standard InChI is InChI=1S/C25H22ClFN5O7P/c26-17-6-4-16(5-7-17)21-19(38-25(34)39-21)12-37-40(36-11-15-2-1-3-18(27)10-15)14-35-9-8-32-13-29-20-22(32)30-24(28)31-23(20)33/h1-7,10,13H,8-9,11-12,14H2,(H3,28,30,31,33). The number of imidazole rings is 1. The van der Waals surface area contributed by atoms with E-state index in [-0.39, 0.29) is 49.2 Å². The van der Waals surface area contributed by atoms with Crippen molar-refractivity contribution in [3.63, 3.8) is 0 Å². The fraction of sp³-hybridized carbons (Fsp3) is 0.200. The summed E-state index contributed by atoms with van der Waals surface area (Å²) >= 11 is 5.96. The van der Waals surface area contributed by atoms with Crippen LogP contribution in [0.25, 0.3) is 22.5 Å². The predicted molar refractivity (Wildman–Crippen MR) is 144 cm³/mol. The zero-order valence-electron chi connectivity index (χ0n) is 20.7. The number of nitrogens with one attached hydrogen (secondary N) is 1. The molecule has 208 valence electrons. The van der Waals surface area contributed by atoms with Gasteiger partial charge in [0.2, 0.25) is 5.95 Å². The molecular formula is C25H22ClFN5O7P. The van der Waals surface area contributed by atoms with Gasteiger partial charge < -0.3 is 32.9 Å². The summed E-state index contributed by atoms with van der Waals surface area (Å²) in [4.78, 5) is 34.4. The molecule has 1 atom stereocenters. The molecular weight excluding hydrogens is 568 g/mol. The highest BCUT2D eigenvalue weighted by Crippen LogP contribution is 2.41. The number of benzene rings is 2. The number of aromatic nitrogens is 4. The lowest BCUT2D eigenvalue weighted by atomic mass is 10.1. The molecule has 0 saturated heterocycles. The number of hydrogen-bond acceptors (Lipinski definition) is 10. The zero-order valence-corrected chi connectivity index (χ0v) is 22.4. The van der Waals surface area contributed by atoms with Gasteiger partial charge in [-0.3, -0.25) is 9.78 Å². The molecule has 3 N–H and O–H groups in total. The fourth-order valence-corrected chi connectivity index (χ4v) is 4.86. The topological polar surface area (TPSA) is 161 Å². The van der Waals surface area contributed by atoms with Crippen LogP contribution in [0.2, 0.25) is 5.02 Å². The molecule has 3 heterocycles. The van der Waals surface area contributed by atoms with Gasteiger partial charge in [-0.25, -0.2) is 14.2 Å². The maximum Gasteiger partial charge on any atom is 0.519 e. The summed E-state index contributed by atoms with van der Waals surface area (Å²) in [6.07, 6.45) is 1.50. The Labute approximate surface area is 231 Å². The van der Waals surface area contributed by atoms with E-state index in [1.54, 1.807) is 41.0 Å². The molecule has 15 heteroatoms. The average Bonchev–Trinajstić information content (AvgIpc) is 3.51. The van der Waals surface area contributed by atoms with Crippen molar-refractivity contribution < 1.29 is 27.0 Å². The molecule has 40 heavy (non-hydrogen) atoms. The largest absolute Gasteiger partial charge is 0.519 e. The number of nitrogen functional groups attached to an aromatic ring is 1. The molecule has 0 spiro atoms. The Bertz CT molecular complexity index is 1720. The van der Waals surface area contributed by atoms with Gasteiger partial charge in [-0.2, -0.15) is 4.98 Å². The minimum atomic E-state index is -1.69. The third kappa shape index (κ3) is 6.82. The summed E-state index contributed by atoms with van der Waals surface area (Å²) in [5.41, 5.74) is 6.88. The van der Waals surface area contributed by atoms with Gasteiger partial charge in [-0.1, -0.05) is 23.7 Å². The third-order valence-electron chi connectivity index (χ3n) is 5.52. The van der Waals surface area contributed by atoms with Crippen LogP contribution < -0.4 is 17.1 Å². The Morgan fingerprint density at radius 1 is 1.10 bits per heavy atom. The van der Waals surface area contributed by atoms with Crippen molar-refractivity contribution in [1.82, 2.24) is 19.5 Å². The van der Waals surface area contributed by atoms with Crippen LogP contribution in [0.15, 0.2) is 73.3 Å². The Balaban J connectivity index is 1.24. The Morgan fingerprint density at radius 3 is 2.70 bits per heavy atom. The van der Waals surface area contributed by atoms with E-state index in [1.807, 2.05) is 0 Å². The van der Waals surface area contributed by atoms with Crippen molar-refractivity contribution in [2.24, 2.45) is 0 Å². The molecule has 0 amide bonds. The number of ether oxygens (including phenoxy) is 1. The first-order valence-corrected chi connectivity index (χ1v) is 13.5. The van der Waals surface area contributed by atoms with E-state index < -0.39 is 25.6 Å². The third-order valence-corrected chi connectivity index (χ3v) is 7.00. The first-order chi connectivity index (χ1) is 19.4. The van der Waals surface area contributed by atoms with Gasteiger partial charge in [0, 0.05) is 17.1 Å². The van der Waals surface area contributed by atoms with Gasteiger partial charge in [0.05, 0.1) is 19.5 Å². The molecule has 0 saturated carbocycles. The van der Waals surface area contributed by atoms with E-state index in [2.05, 4.69) is 15.0 Å². The van der Waals surface area contributed by atoms with Crippen molar-refractivity contribution in [2.75, 3.05) is 18.7 Å². The number of aromatic amines is 1. The summed E-state index contributed by atoms with van der Waals surface area (Å²) in [5, 5.41) is 0.522. The molecule has 0 bridgehead atoms. The number of fused-ring (bicyclic) bond motifs is 1. The lowest BCUT2D eigenvalue weighted by Crippen LogP contribution is -2.13. The summed E-state index contributed by atoms with van der Waals surface area (Å²) in [7, 11) is -1.69. The average molecular weight is 590 g/mol. The van der Waals surface area contributed by atoms with Crippen LogP contribution in [-0.4, -0.2) is 32.5 Å². The van der Waals surface area contributed by atoms with E-state index in [0.717, 1.165) is 0 Å². The van der Waals surface area contributed by atoms with E-state index in [0.29, 0.717) is 28.3 Å². The number of H-pyrrole nitrogens is 1. The van der Waals surface area contributed by atoms with Gasteiger partial charge in [-0.05, 0) is 42.0 Å². The molecule has 2 aromatic carbocycles. The molecule has 0 aliphatic heterocycles. The maximum absolute atomic E-state index is 13.6. The van der Waals surface area contributed by atoms with E-state index in [4.69, 9.17) is 40.0 Å². The SMILES string of the molecule is Nc1nc2c(ncn2CCOCP(OCc2cccc(F)c2)OCc2oc(=O)oc2-c2ccc(Cl)cc2)c(=O)[nH]1. The number of hydrogen-bond donors (Lipinski definition) is 2. The molecule has 12 nitrogen and oxygen atoms in total. The Hall–Kier alpha value is -3.87. The van der Waals surface area contributed by atoms with Gasteiger partial charge >= 0.3 is 5.82 Å². The van der Waals surface area contributed by atoms with Crippen LogP contribution in [0, 0.1) is 5.82 Å². The molecule has 0 aliphatic rings. The number of nitrogens with two attached hydrogens (primary N) is 1. The minimum Gasteiger partial charge on any atom is -0.393 e. The summed E-state index contributed by atoms with van der Waals surface area (Å²) < 4.78 is 43.3. The highest BCUT2D eigenvalue weighted by molar-refractivity contribution is 7.46. The highest BCUT2D eigenvalue weighted by Gasteiger charge is 2.20. The van der Waals surface area contributed by atoms with Gasteiger partial charge in [0.1, 0.15) is 18.8 Å². The first kappa shape index (κ1) is 27.7. The monoisotopic (exact) mass is 589 g/mol. The maximum atomic E-state index is 13.6. The van der Waals surface area contributed by atoms with E-state index >= 15 is 0 Å². The van der Waals surface area contributed by atoms with Crippen molar-refractivity contribution in [3.05, 3.63) is 98.0 Å². The smallest absolute Gasteiger partial charge is 0.393 e. The van der Waals surface area contributed by atoms with Crippen LogP contribution in [-0.2, 0) is 33.5 Å². The lowest BCUT2D eigenvalue weighted by molar-refractivity contribution is 0.136. The first-order valence-electron chi connectivity index (χ1n) is 11.8. The summed E-state index contributed by atoms with van der Waals surface area (Å²) in [6, 6.07) is 12.7. The number of rotatable bonds is 12. The van der Waals surface area contributed by atoms with Crippen LogP contribution >= 0.6 is 20.0 Å². The summed E-state index contributed by atoms with van der Waals surface area (Å²) in [5.74, 6) is -0.933. The predicted octanol–water partition coefficient (Wildman–Crippen LogP) is 4.43. The van der Waals surface area contributed by atoms with Crippen molar-refractivity contribution >= 4 is 37.1 Å². The molecule has 0 aliphatic carbocycles. The normalized spacial score (nSPS) is 12.2. The highest BCUT2D eigenvalue weighted by atomic mass is 35.5. The second-order valence-electron chi connectivity index (χ2n) is 8.32. The molecule has 5 aromatic rings. The van der Waals surface area contributed by atoms with Crippen molar-refractivity contribution in [1.29, 1.82) is 0 Å². The quantitative estimate of drug-likeness (QED) is 0.157. The van der Waals surface area contributed by atoms with E-state index in [1.165, 1.54) is 18.5 Å². The van der Waals surface area contributed by atoms with Crippen LogP contribution in [0.3, 0.4) is 0 Å². The molecule has 5 rings (SSSR count). The Morgan fingerprint density at radius 2 is 1.90 bits per heavy atom.